The molecule has 2 rings (SSSR count). The summed E-state index contributed by atoms with van der Waals surface area (Å²) in [6, 6.07) is 3.95. The molecule has 1 atom stereocenters. The van der Waals surface area contributed by atoms with Crippen LogP contribution in [0.3, 0.4) is 0 Å². The molecule has 1 fully saturated rings. The number of piperazine rings is 1. The summed E-state index contributed by atoms with van der Waals surface area (Å²) >= 11 is 3.47. The normalized spacial score (nSPS) is 18.9. The second-order valence-corrected chi connectivity index (χ2v) is 5.75. The van der Waals surface area contributed by atoms with Gasteiger partial charge < -0.3 is 5.32 Å². The van der Waals surface area contributed by atoms with Gasteiger partial charge in [0.25, 0.3) is 0 Å². The number of nitrogens with zero attached hydrogens (tertiary/aromatic N) is 1. The van der Waals surface area contributed by atoms with E-state index in [1.165, 1.54) is 0 Å². The van der Waals surface area contributed by atoms with Crippen LogP contribution >= 0.6 is 15.9 Å². The van der Waals surface area contributed by atoms with Gasteiger partial charge in [0.2, 0.25) is 0 Å². The van der Waals surface area contributed by atoms with Gasteiger partial charge in [0, 0.05) is 42.3 Å². The molecule has 0 aliphatic carbocycles. The maximum atomic E-state index is 14.3. The molecule has 0 spiro atoms. The Hall–Kier alpha value is -0.450. The molecule has 1 heterocycles. The molecule has 0 radical (unpaired) electrons. The second-order valence-electron chi connectivity index (χ2n) is 4.84. The van der Waals surface area contributed by atoms with Gasteiger partial charge in [-0.3, -0.25) is 4.90 Å². The van der Waals surface area contributed by atoms with E-state index in [-0.39, 0.29) is 11.9 Å². The molecule has 2 nitrogen and oxygen atoms in total. The molecule has 1 aromatic rings. The highest BCUT2D eigenvalue weighted by atomic mass is 79.9. The number of hydrogen-bond acceptors (Lipinski definition) is 2. The van der Waals surface area contributed by atoms with Crippen molar-refractivity contribution in [2.24, 2.45) is 0 Å². The SMILES string of the molecule is CC[C@H](c1cc(Br)cc(C)c1F)N1CCNCC1. The standard InChI is InChI=1S/C14H20BrFN2/c1-3-13(18-6-4-17-5-7-18)12-9-11(15)8-10(2)14(12)16/h8-9,13,17H,3-7H2,1-2H3/t13-/m1/s1. The molecular weight excluding hydrogens is 295 g/mol. The van der Waals surface area contributed by atoms with Crippen LogP contribution in [0.1, 0.15) is 30.5 Å². The first kappa shape index (κ1) is 14.0. The lowest BCUT2D eigenvalue weighted by atomic mass is 9.99. The molecule has 1 aliphatic rings. The number of halogens is 2. The van der Waals surface area contributed by atoms with E-state index in [2.05, 4.69) is 33.1 Å². The van der Waals surface area contributed by atoms with Crippen molar-refractivity contribution in [3.63, 3.8) is 0 Å². The zero-order chi connectivity index (χ0) is 13.1. The van der Waals surface area contributed by atoms with Crippen molar-refractivity contribution < 1.29 is 4.39 Å². The quantitative estimate of drug-likeness (QED) is 0.921. The minimum Gasteiger partial charge on any atom is -0.314 e. The third-order valence-electron chi connectivity index (χ3n) is 3.59. The zero-order valence-electron chi connectivity index (χ0n) is 11.0. The molecule has 100 valence electrons. The van der Waals surface area contributed by atoms with Crippen LogP contribution in [-0.4, -0.2) is 31.1 Å². The summed E-state index contributed by atoms with van der Waals surface area (Å²) in [5.74, 6) is -0.0522. The first-order chi connectivity index (χ1) is 8.63. The largest absolute Gasteiger partial charge is 0.314 e. The number of rotatable bonds is 3. The first-order valence-corrected chi connectivity index (χ1v) is 7.33. The van der Waals surface area contributed by atoms with E-state index in [0.29, 0.717) is 5.56 Å². The Morgan fingerprint density at radius 1 is 1.39 bits per heavy atom. The van der Waals surface area contributed by atoms with Crippen molar-refractivity contribution in [3.8, 4) is 0 Å². The van der Waals surface area contributed by atoms with E-state index >= 15 is 0 Å². The van der Waals surface area contributed by atoms with Crippen molar-refractivity contribution in [2.45, 2.75) is 26.3 Å². The van der Waals surface area contributed by atoms with Crippen LogP contribution in [0.2, 0.25) is 0 Å². The van der Waals surface area contributed by atoms with Gasteiger partial charge in [-0.25, -0.2) is 4.39 Å². The van der Waals surface area contributed by atoms with Crippen LogP contribution in [0.15, 0.2) is 16.6 Å². The molecule has 0 unspecified atom stereocenters. The molecule has 4 heteroatoms. The molecule has 18 heavy (non-hydrogen) atoms. The Kier molecular flexibility index (Phi) is 4.76. The Morgan fingerprint density at radius 2 is 2.06 bits per heavy atom. The molecule has 0 aromatic heterocycles. The predicted octanol–water partition coefficient (Wildman–Crippen LogP) is 3.25. The van der Waals surface area contributed by atoms with Gasteiger partial charge >= 0.3 is 0 Å². The number of nitrogens with one attached hydrogen (secondary N) is 1. The summed E-state index contributed by atoms with van der Waals surface area (Å²) in [4.78, 5) is 2.38. The lowest BCUT2D eigenvalue weighted by Gasteiger charge is -2.35. The Morgan fingerprint density at radius 3 is 2.67 bits per heavy atom. The molecule has 1 N–H and O–H groups in total. The maximum absolute atomic E-state index is 14.3. The molecule has 0 amide bonds. The molecule has 0 saturated carbocycles. The van der Waals surface area contributed by atoms with Crippen molar-refractivity contribution in [2.75, 3.05) is 26.2 Å². The summed E-state index contributed by atoms with van der Waals surface area (Å²) in [5.41, 5.74) is 1.54. The minimum atomic E-state index is -0.0522. The van der Waals surface area contributed by atoms with Gasteiger partial charge in [0.05, 0.1) is 0 Å². The zero-order valence-corrected chi connectivity index (χ0v) is 12.6. The lowest BCUT2D eigenvalue weighted by molar-refractivity contribution is 0.166. The molecular formula is C14H20BrFN2. The lowest BCUT2D eigenvalue weighted by Crippen LogP contribution is -2.45. The monoisotopic (exact) mass is 314 g/mol. The average molecular weight is 315 g/mol. The number of hydrogen-bond donors (Lipinski definition) is 1. The fraction of sp³-hybridized carbons (Fsp3) is 0.571. The predicted molar refractivity (Wildman–Crippen MR) is 76.3 cm³/mol. The summed E-state index contributed by atoms with van der Waals surface area (Å²) < 4.78 is 15.3. The van der Waals surface area contributed by atoms with E-state index in [4.69, 9.17) is 0 Å². The van der Waals surface area contributed by atoms with E-state index in [0.717, 1.165) is 42.6 Å². The van der Waals surface area contributed by atoms with Crippen molar-refractivity contribution in [3.05, 3.63) is 33.5 Å². The fourth-order valence-corrected chi connectivity index (χ4v) is 3.25. The highest BCUT2D eigenvalue weighted by Crippen LogP contribution is 2.30. The number of benzene rings is 1. The third kappa shape index (κ3) is 2.92. The summed E-state index contributed by atoms with van der Waals surface area (Å²) in [7, 11) is 0. The molecule has 1 saturated heterocycles. The minimum absolute atomic E-state index is 0.0522. The summed E-state index contributed by atoms with van der Waals surface area (Å²) in [6.07, 6.45) is 0.937. The van der Waals surface area contributed by atoms with Crippen molar-refractivity contribution in [1.82, 2.24) is 10.2 Å². The van der Waals surface area contributed by atoms with Crippen LogP contribution in [0.25, 0.3) is 0 Å². The van der Waals surface area contributed by atoms with Crippen LogP contribution in [0, 0.1) is 12.7 Å². The number of aryl methyl sites for hydroxylation is 1. The van der Waals surface area contributed by atoms with E-state index < -0.39 is 0 Å². The second kappa shape index (κ2) is 6.13. The highest BCUT2D eigenvalue weighted by molar-refractivity contribution is 9.10. The van der Waals surface area contributed by atoms with Crippen LogP contribution in [0.4, 0.5) is 4.39 Å². The fourth-order valence-electron chi connectivity index (χ4n) is 2.66. The molecule has 1 aromatic carbocycles. The summed E-state index contributed by atoms with van der Waals surface area (Å²) in [5, 5.41) is 3.34. The molecule has 0 bridgehead atoms. The van der Waals surface area contributed by atoms with Crippen molar-refractivity contribution >= 4 is 15.9 Å². The average Bonchev–Trinajstić information content (AvgIpc) is 2.37. The Balaban J connectivity index is 2.31. The van der Waals surface area contributed by atoms with Crippen LogP contribution in [-0.2, 0) is 0 Å². The topological polar surface area (TPSA) is 15.3 Å². The highest BCUT2D eigenvalue weighted by Gasteiger charge is 2.24. The first-order valence-electron chi connectivity index (χ1n) is 6.53. The third-order valence-corrected chi connectivity index (χ3v) is 4.04. The van der Waals surface area contributed by atoms with Gasteiger partial charge in [-0.2, -0.15) is 0 Å². The van der Waals surface area contributed by atoms with E-state index in [1.807, 2.05) is 19.1 Å². The smallest absolute Gasteiger partial charge is 0.130 e. The maximum Gasteiger partial charge on any atom is 0.130 e. The van der Waals surface area contributed by atoms with Gasteiger partial charge in [0.15, 0.2) is 0 Å². The van der Waals surface area contributed by atoms with Crippen LogP contribution < -0.4 is 5.32 Å². The van der Waals surface area contributed by atoms with E-state index in [9.17, 15) is 4.39 Å². The van der Waals surface area contributed by atoms with Gasteiger partial charge in [-0.05, 0) is 31.0 Å². The Bertz CT molecular complexity index is 417. The van der Waals surface area contributed by atoms with Gasteiger partial charge in [0.1, 0.15) is 5.82 Å². The summed E-state index contributed by atoms with van der Waals surface area (Å²) in [6.45, 7) is 7.92. The van der Waals surface area contributed by atoms with Crippen molar-refractivity contribution in [1.29, 1.82) is 0 Å². The van der Waals surface area contributed by atoms with E-state index in [1.54, 1.807) is 0 Å². The Labute approximate surface area is 117 Å². The van der Waals surface area contributed by atoms with Gasteiger partial charge in [-0.15, -0.1) is 0 Å². The molecule has 1 aliphatic heterocycles. The van der Waals surface area contributed by atoms with Gasteiger partial charge in [-0.1, -0.05) is 22.9 Å². The van der Waals surface area contributed by atoms with Crippen LogP contribution in [0.5, 0.6) is 0 Å².